The van der Waals surface area contributed by atoms with Crippen LogP contribution in [0.25, 0.3) is 6.08 Å². The molecule has 3 aromatic rings. The summed E-state index contributed by atoms with van der Waals surface area (Å²) in [4.78, 5) is 33.4. The van der Waals surface area contributed by atoms with Crippen LogP contribution in [-0.4, -0.2) is 41.5 Å². The predicted octanol–water partition coefficient (Wildman–Crippen LogP) is 1.52. The number of fused-ring (bicyclic) bond motifs is 1. The molecule has 1 unspecified atom stereocenters. The molecule has 1 atom stereocenters. The standard InChI is InChI=1S/C23H25N5O3S/c1-13-17(12-27(5)25-13)20-19(22(30)31-6)14(2)24-23-28(20)21(29)18(32-23)11-15-7-9-16(10-8-15)26(3)4/h7-12,20H,1-6H3. The summed E-state index contributed by atoms with van der Waals surface area (Å²) in [6.07, 6.45) is 3.69. The van der Waals surface area contributed by atoms with Crippen molar-refractivity contribution in [3.8, 4) is 0 Å². The minimum atomic E-state index is -0.648. The van der Waals surface area contributed by atoms with Gasteiger partial charge in [-0.2, -0.15) is 5.10 Å². The van der Waals surface area contributed by atoms with Crippen molar-refractivity contribution in [3.63, 3.8) is 0 Å². The van der Waals surface area contributed by atoms with Gasteiger partial charge in [-0.05, 0) is 37.6 Å². The summed E-state index contributed by atoms with van der Waals surface area (Å²) >= 11 is 1.31. The van der Waals surface area contributed by atoms with Gasteiger partial charge in [0.1, 0.15) is 6.04 Å². The summed E-state index contributed by atoms with van der Waals surface area (Å²) in [5.74, 6) is -0.506. The van der Waals surface area contributed by atoms with Crippen molar-refractivity contribution in [2.75, 3.05) is 26.1 Å². The van der Waals surface area contributed by atoms with Crippen molar-refractivity contribution in [1.82, 2.24) is 14.3 Å². The molecule has 8 nitrogen and oxygen atoms in total. The lowest BCUT2D eigenvalue weighted by molar-refractivity contribution is -0.136. The second-order valence-corrected chi connectivity index (χ2v) is 8.91. The molecule has 3 heterocycles. The number of carbonyl (C=O) groups is 1. The number of carbonyl (C=O) groups excluding carboxylic acids is 1. The van der Waals surface area contributed by atoms with Crippen LogP contribution >= 0.6 is 11.3 Å². The maximum Gasteiger partial charge on any atom is 0.338 e. The summed E-state index contributed by atoms with van der Waals surface area (Å²) in [5.41, 5.74) is 4.18. The van der Waals surface area contributed by atoms with E-state index < -0.39 is 12.0 Å². The topological polar surface area (TPSA) is 81.7 Å². The Morgan fingerprint density at radius 3 is 2.47 bits per heavy atom. The van der Waals surface area contributed by atoms with E-state index in [1.54, 1.807) is 16.2 Å². The number of hydrogen-bond donors (Lipinski definition) is 0. The number of methoxy groups -OCH3 is 1. The average molecular weight is 452 g/mol. The fourth-order valence-corrected chi connectivity index (χ4v) is 4.94. The van der Waals surface area contributed by atoms with Gasteiger partial charge >= 0.3 is 5.97 Å². The number of nitrogens with zero attached hydrogens (tertiary/aromatic N) is 5. The molecule has 0 bridgehead atoms. The van der Waals surface area contributed by atoms with Crippen LogP contribution in [0.1, 0.15) is 29.8 Å². The lowest BCUT2D eigenvalue weighted by Crippen LogP contribution is -2.40. The molecule has 0 spiro atoms. The monoisotopic (exact) mass is 451 g/mol. The zero-order chi connectivity index (χ0) is 23.2. The average Bonchev–Trinajstić information content (AvgIpc) is 3.24. The largest absolute Gasteiger partial charge is 0.466 e. The first-order valence-corrected chi connectivity index (χ1v) is 10.9. The highest BCUT2D eigenvalue weighted by Gasteiger charge is 2.34. The van der Waals surface area contributed by atoms with Gasteiger partial charge < -0.3 is 9.64 Å². The zero-order valence-corrected chi connectivity index (χ0v) is 19.7. The second kappa shape index (κ2) is 8.23. The Kier molecular flexibility index (Phi) is 5.60. The number of allylic oxidation sites excluding steroid dienone is 1. The van der Waals surface area contributed by atoms with Crippen molar-refractivity contribution in [2.45, 2.75) is 19.9 Å². The third kappa shape index (κ3) is 3.69. The summed E-state index contributed by atoms with van der Waals surface area (Å²) in [6, 6.07) is 7.31. The van der Waals surface area contributed by atoms with Crippen LogP contribution < -0.4 is 19.8 Å². The van der Waals surface area contributed by atoms with E-state index >= 15 is 0 Å². The Hall–Kier alpha value is -3.46. The zero-order valence-electron chi connectivity index (χ0n) is 18.9. The first-order valence-electron chi connectivity index (χ1n) is 10.1. The smallest absolute Gasteiger partial charge is 0.338 e. The van der Waals surface area contributed by atoms with Crippen LogP contribution in [0.15, 0.2) is 51.5 Å². The molecule has 0 saturated carbocycles. The summed E-state index contributed by atoms with van der Waals surface area (Å²) < 4.78 is 8.84. The van der Waals surface area contributed by atoms with Gasteiger partial charge in [-0.15, -0.1) is 0 Å². The molecule has 1 aliphatic heterocycles. The van der Waals surface area contributed by atoms with Crippen molar-refractivity contribution in [1.29, 1.82) is 0 Å². The second-order valence-electron chi connectivity index (χ2n) is 7.90. The quantitative estimate of drug-likeness (QED) is 0.562. The molecule has 0 N–H and O–H groups in total. The van der Waals surface area contributed by atoms with Crippen LogP contribution in [0.5, 0.6) is 0 Å². The van der Waals surface area contributed by atoms with Crippen LogP contribution in [0.3, 0.4) is 0 Å². The number of rotatable bonds is 4. The minimum Gasteiger partial charge on any atom is -0.466 e. The van der Waals surface area contributed by atoms with Gasteiger partial charge in [0.25, 0.3) is 5.56 Å². The van der Waals surface area contributed by atoms with Crippen molar-refractivity contribution in [3.05, 3.63) is 78.2 Å². The third-order valence-electron chi connectivity index (χ3n) is 5.48. The van der Waals surface area contributed by atoms with E-state index in [1.165, 1.54) is 18.4 Å². The van der Waals surface area contributed by atoms with Gasteiger partial charge in [0, 0.05) is 38.6 Å². The molecular formula is C23H25N5O3S. The Bertz CT molecular complexity index is 1410. The van der Waals surface area contributed by atoms with Crippen LogP contribution in [0.2, 0.25) is 0 Å². The number of aromatic nitrogens is 3. The van der Waals surface area contributed by atoms with Crippen molar-refractivity contribution < 1.29 is 9.53 Å². The van der Waals surface area contributed by atoms with E-state index in [9.17, 15) is 9.59 Å². The van der Waals surface area contributed by atoms with Gasteiger partial charge in [-0.3, -0.25) is 14.0 Å². The maximum absolute atomic E-state index is 13.5. The number of thiazole rings is 1. The molecule has 0 fully saturated rings. The fraction of sp³-hybridized carbons (Fsp3) is 0.304. The molecule has 0 aliphatic carbocycles. The molecule has 166 valence electrons. The Balaban J connectivity index is 1.93. The number of esters is 1. The molecule has 4 rings (SSSR count). The van der Waals surface area contributed by atoms with Gasteiger partial charge in [-0.1, -0.05) is 23.5 Å². The molecule has 2 aromatic heterocycles. The number of ether oxygens (including phenoxy) is 1. The van der Waals surface area contributed by atoms with Gasteiger partial charge in [0.2, 0.25) is 0 Å². The molecule has 32 heavy (non-hydrogen) atoms. The first kappa shape index (κ1) is 21.8. The molecular weight excluding hydrogens is 426 g/mol. The predicted molar refractivity (Wildman–Crippen MR) is 124 cm³/mol. The number of anilines is 1. The molecule has 0 saturated heterocycles. The van der Waals surface area contributed by atoms with Crippen LogP contribution in [-0.2, 0) is 16.6 Å². The first-order chi connectivity index (χ1) is 15.2. The molecule has 9 heteroatoms. The van der Waals surface area contributed by atoms with Crippen molar-refractivity contribution >= 4 is 29.1 Å². The lowest BCUT2D eigenvalue weighted by Gasteiger charge is -2.23. The molecule has 1 aliphatic rings. The Morgan fingerprint density at radius 2 is 1.91 bits per heavy atom. The highest BCUT2D eigenvalue weighted by molar-refractivity contribution is 7.07. The summed E-state index contributed by atoms with van der Waals surface area (Å²) in [7, 11) is 7.10. The van der Waals surface area contributed by atoms with E-state index in [4.69, 9.17) is 4.74 Å². The highest BCUT2D eigenvalue weighted by atomic mass is 32.1. The van der Waals surface area contributed by atoms with E-state index in [1.807, 2.05) is 69.5 Å². The number of aryl methyl sites for hydroxylation is 2. The highest BCUT2D eigenvalue weighted by Crippen LogP contribution is 2.31. The Morgan fingerprint density at radius 1 is 1.22 bits per heavy atom. The van der Waals surface area contributed by atoms with Crippen LogP contribution in [0.4, 0.5) is 5.69 Å². The molecule has 1 aromatic carbocycles. The van der Waals surface area contributed by atoms with E-state index in [-0.39, 0.29) is 5.56 Å². The fourth-order valence-electron chi connectivity index (χ4n) is 3.89. The van der Waals surface area contributed by atoms with Gasteiger partial charge in [0.15, 0.2) is 4.80 Å². The normalized spacial score (nSPS) is 16.1. The SMILES string of the molecule is COC(=O)C1=C(C)N=c2sc(=Cc3ccc(N(C)C)cc3)c(=O)n2C1c1cn(C)nc1C. The van der Waals surface area contributed by atoms with Gasteiger partial charge in [0.05, 0.1) is 28.6 Å². The third-order valence-corrected chi connectivity index (χ3v) is 6.46. The maximum atomic E-state index is 13.5. The van der Waals surface area contributed by atoms with Crippen molar-refractivity contribution in [2.24, 2.45) is 12.0 Å². The molecule has 0 radical (unpaired) electrons. The van der Waals surface area contributed by atoms with E-state index in [2.05, 4.69) is 10.1 Å². The Labute approximate surface area is 189 Å². The van der Waals surface area contributed by atoms with Gasteiger partial charge in [-0.25, -0.2) is 9.79 Å². The number of hydrogen-bond acceptors (Lipinski definition) is 7. The summed E-state index contributed by atoms with van der Waals surface area (Å²) in [5, 5.41) is 4.42. The van der Waals surface area contributed by atoms with Crippen LogP contribution in [0, 0.1) is 6.92 Å². The van der Waals surface area contributed by atoms with E-state index in [0.29, 0.717) is 20.6 Å². The summed E-state index contributed by atoms with van der Waals surface area (Å²) in [6.45, 7) is 3.63. The lowest BCUT2D eigenvalue weighted by atomic mass is 9.96. The molecule has 0 amide bonds. The number of benzene rings is 1. The minimum absolute atomic E-state index is 0.201. The van der Waals surface area contributed by atoms with E-state index in [0.717, 1.165) is 22.5 Å².